The minimum Gasteiger partial charge on any atom is -0.331 e. The molecule has 2 aliphatic rings. The van der Waals surface area contributed by atoms with E-state index in [2.05, 4.69) is 20.4 Å². The summed E-state index contributed by atoms with van der Waals surface area (Å²) in [5.74, 6) is 0. The van der Waals surface area contributed by atoms with E-state index in [1.54, 1.807) is 0 Å². The van der Waals surface area contributed by atoms with Gasteiger partial charge in [0.25, 0.3) is 0 Å². The summed E-state index contributed by atoms with van der Waals surface area (Å²) in [7, 11) is 0. The molecule has 2 amide bonds. The molecule has 25 heavy (non-hydrogen) atoms. The zero-order valence-electron chi connectivity index (χ0n) is 14.2. The van der Waals surface area contributed by atoms with Crippen molar-refractivity contribution in [3.05, 3.63) is 35.3 Å². The fourth-order valence-corrected chi connectivity index (χ4v) is 4.40. The predicted octanol–water partition coefficient (Wildman–Crippen LogP) is 2.58. The highest BCUT2D eigenvalue weighted by Crippen LogP contribution is 2.23. The number of rotatable bonds is 4. The van der Waals surface area contributed by atoms with Crippen LogP contribution in [0.3, 0.4) is 0 Å². The van der Waals surface area contributed by atoms with E-state index >= 15 is 0 Å². The number of benzene rings is 1. The number of urea groups is 1. The Bertz CT molecular complexity index is 713. The number of amides is 2. The summed E-state index contributed by atoms with van der Waals surface area (Å²) >= 11 is 1.53. The Balaban J connectivity index is 1.28. The van der Waals surface area contributed by atoms with Gasteiger partial charge in [-0.15, -0.1) is 10.2 Å². The lowest BCUT2D eigenvalue weighted by atomic mass is 10.2. The number of carbonyl (C=O) groups is 1. The summed E-state index contributed by atoms with van der Waals surface area (Å²) < 4.78 is 0. The highest BCUT2D eigenvalue weighted by atomic mass is 32.1. The lowest BCUT2D eigenvalue weighted by Gasteiger charge is -2.23. The third-order valence-electron chi connectivity index (χ3n) is 4.99. The molecule has 0 saturated carbocycles. The SMILES string of the molecule is O=C(NCc1nnc(-c2ccccc2)s1)N1CCC(N2CCCC2)C1. The number of nitrogens with zero attached hydrogens (tertiary/aromatic N) is 4. The zero-order valence-corrected chi connectivity index (χ0v) is 15.0. The number of hydrogen-bond donors (Lipinski definition) is 1. The second-order valence-corrected chi connectivity index (χ2v) is 7.72. The lowest BCUT2D eigenvalue weighted by molar-refractivity contribution is 0.198. The minimum absolute atomic E-state index is 0.0122. The molecule has 4 rings (SSSR count). The summed E-state index contributed by atoms with van der Waals surface area (Å²) in [5.41, 5.74) is 1.06. The van der Waals surface area contributed by atoms with Gasteiger partial charge in [-0.3, -0.25) is 4.90 Å². The average molecular weight is 357 g/mol. The average Bonchev–Trinajstić information content (AvgIpc) is 3.41. The molecule has 1 aromatic heterocycles. The molecule has 0 aliphatic carbocycles. The van der Waals surface area contributed by atoms with E-state index in [1.807, 2.05) is 35.2 Å². The molecule has 3 heterocycles. The van der Waals surface area contributed by atoms with Gasteiger partial charge in [-0.25, -0.2) is 4.79 Å². The molecule has 1 N–H and O–H groups in total. The first kappa shape index (κ1) is 16.5. The first-order chi connectivity index (χ1) is 12.3. The Morgan fingerprint density at radius 3 is 2.76 bits per heavy atom. The molecule has 2 aromatic rings. The first-order valence-corrected chi connectivity index (χ1v) is 9.76. The fourth-order valence-electron chi connectivity index (χ4n) is 3.62. The van der Waals surface area contributed by atoms with Crippen LogP contribution in [-0.4, -0.2) is 58.2 Å². The molecule has 2 aliphatic heterocycles. The van der Waals surface area contributed by atoms with E-state index < -0.39 is 0 Å². The maximum absolute atomic E-state index is 12.4. The van der Waals surface area contributed by atoms with E-state index in [4.69, 9.17) is 0 Å². The van der Waals surface area contributed by atoms with E-state index in [0.29, 0.717) is 12.6 Å². The van der Waals surface area contributed by atoms with Gasteiger partial charge in [0.1, 0.15) is 10.0 Å². The van der Waals surface area contributed by atoms with Gasteiger partial charge in [-0.1, -0.05) is 41.7 Å². The molecule has 2 saturated heterocycles. The van der Waals surface area contributed by atoms with Crippen LogP contribution in [0.15, 0.2) is 30.3 Å². The van der Waals surface area contributed by atoms with Crippen molar-refractivity contribution in [2.45, 2.75) is 31.8 Å². The molecule has 1 atom stereocenters. The molecule has 6 nitrogen and oxygen atoms in total. The van der Waals surface area contributed by atoms with E-state index in [0.717, 1.165) is 35.1 Å². The molecule has 132 valence electrons. The van der Waals surface area contributed by atoms with Crippen molar-refractivity contribution in [2.24, 2.45) is 0 Å². The van der Waals surface area contributed by atoms with Gasteiger partial charge in [0.2, 0.25) is 0 Å². The summed E-state index contributed by atoms with van der Waals surface area (Å²) in [6.45, 7) is 4.50. The maximum Gasteiger partial charge on any atom is 0.317 e. The highest BCUT2D eigenvalue weighted by Gasteiger charge is 2.31. The van der Waals surface area contributed by atoms with Gasteiger partial charge in [-0.05, 0) is 32.4 Å². The van der Waals surface area contributed by atoms with Gasteiger partial charge in [0, 0.05) is 24.7 Å². The predicted molar refractivity (Wildman–Crippen MR) is 98.4 cm³/mol. The Hall–Kier alpha value is -1.99. The van der Waals surface area contributed by atoms with Crippen molar-refractivity contribution in [3.8, 4) is 10.6 Å². The quantitative estimate of drug-likeness (QED) is 0.914. The zero-order chi connectivity index (χ0) is 17.1. The van der Waals surface area contributed by atoms with Crippen molar-refractivity contribution < 1.29 is 4.79 Å². The second kappa shape index (κ2) is 7.49. The third-order valence-corrected chi connectivity index (χ3v) is 5.96. The highest BCUT2D eigenvalue weighted by molar-refractivity contribution is 7.14. The van der Waals surface area contributed by atoms with Crippen molar-refractivity contribution >= 4 is 17.4 Å². The summed E-state index contributed by atoms with van der Waals surface area (Å²) in [6, 6.07) is 10.6. The summed E-state index contributed by atoms with van der Waals surface area (Å²) in [5, 5.41) is 13.1. The number of likely N-dealkylation sites (tertiary alicyclic amines) is 2. The van der Waals surface area contributed by atoms with Crippen molar-refractivity contribution in [3.63, 3.8) is 0 Å². The van der Waals surface area contributed by atoms with E-state index in [-0.39, 0.29) is 6.03 Å². The Kier molecular flexibility index (Phi) is 4.94. The normalized spacial score (nSPS) is 21.0. The Morgan fingerprint density at radius 2 is 1.96 bits per heavy atom. The monoisotopic (exact) mass is 357 g/mol. The topological polar surface area (TPSA) is 61.4 Å². The van der Waals surface area contributed by atoms with Crippen LogP contribution in [0, 0.1) is 0 Å². The third kappa shape index (κ3) is 3.82. The standard InChI is InChI=1S/C18H23N5OS/c24-18(23-11-8-15(13-23)22-9-4-5-10-22)19-12-16-20-21-17(25-16)14-6-2-1-3-7-14/h1-3,6-7,15H,4-5,8-13H2,(H,19,24). The van der Waals surface area contributed by atoms with Gasteiger partial charge >= 0.3 is 6.03 Å². The van der Waals surface area contributed by atoms with Crippen LogP contribution in [0.4, 0.5) is 4.79 Å². The van der Waals surface area contributed by atoms with Crippen LogP contribution < -0.4 is 5.32 Å². The molecule has 0 bridgehead atoms. The lowest BCUT2D eigenvalue weighted by Crippen LogP contribution is -2.41. The smallest absolute Gasteiger partial charge is 0.317 e. The second-order valence-electron chi connectivity index (χ2n) is 6.66. The molecular weight excluding hydrogens is 334 g/mol. The van der Waals surface area contributed by atoms with Crippen LogP contribution in [0.5, 0.6) is 0 Å². The van der Waals surface area contributed by atoms with E-state index in [1.165, 1.54) is 37.3 Å². The number of aromatic nitrogens is 2. The molecular formula is C18H23N5OS. The van der Waals surface area contributed by atoms with Crippen LogP contribution >= 0.6 is 11.3 Å². The molecule has 1 unspecified atom stereocenters. The van der Waals surface area contributed by atoms with Crippen LogP contribution in [0.25, 0.3) is 10.6 Å². The van der Waals surface area contributed by atoms with Crippen LogP contribution in [0.2, 0.25) is 0 Å². The van der Waals surface area contributed by atoms with Gasteiger partial charge in [0.15, 0.2) is 0 Å². The molecule has 2 fully saturated rings. The van der Waals surface area contributed by atoms with Gasteiger partial charge < -0.3 is 10.2 Å². The van der Waals surface area contributed by atoms with Crippen molar-refractivity contribution in [1.29, 1.82) is 0 Å². The fraction of sp³-hybridized carbons (Fsp3) is 0.500. The van der Waals surface area contributed by atoms with E-state index in [9.17, 15) is 4.79 Å². The molecule has 7 heteroatoms. The van der Waals surface area contributed by atoms with Gasteiger partial charge in [-0.2, -0.15) is 0 Å². The van der Waals surface area contributed by atoms with Crippen LogP contribution in [0.1, 0.15) is 24.3 Å². The van der Waals surface area contributed by atoms with Crippen LogP contribution in [-0.2, 0) is 6.54 Å². The maximum atomic E-state index is 12.4. The molecule has 1 aromatic carbocycles. The Labute approximate surface area is 151 Å². The van der Waals surface area contributed by atoms with Crippen molar-refractivity contribution in [2.75, 3.05) is 26.2 Å². The summed E-state index contributed by atoms with van der Waals surface area (Å²) in [4.78, 5) is 16.9. The van der Waals surface area contributed by atoms with Crippen molar-refractivity contribution in [1.82, 2.24) is 25.3 Å². The number of nitrogens with one attached hydrogen (secondary N) is 1. The van der Waals surface area contributed by atoms with Gasteiger partial charge in [0.05, 0.1) is 6.54 Å². The Morgan fingerprint density at radius 1 is 1.16 bits per heavy atom. The molecule has 0 spiro atoms. The largest absolute Gasteiger partial charge is 0.331 e. The summed E-state index contributed by atoms with van der Waals surface area (Å²) in [6.07, 6.45) is 3.68. The first-order valence-electron chi connectivity index (χ1n) is 8.94. The number of hydrogen-bond acceptors (Lipinski definition) is 5. The minimum atomic E-state index is 0.0122. The number of carbonyl (C=O) groups excluding carboxylic acids is 1. The molecule has 0 radical (unpaired) electrons.